The number of nitrogens with one attached hydrogen (secondary N) is 1. The Hall–Kier alpha value is -0.680. The molecule has 3 N–H and O–H groups in total. The first-order valence-electron chi connectivity index (χ1n) is 4.27. The lowest BCUT2D eigenvalue weighted by Crippen LogP contribution is -2.29. The zero-order chi connectivity index (χ0) is 10.6. The van der Waals surface area contributed by atoms with Crippen LogP contribution in [-0.2, 0) is 0 Å². The lowest BCUT2D eigenvalue weighted by Gasteiger charge is -2.18. The molecule has 0 saturated heterocycles. The Morgan fingerprint density at radius 1 is 1.57 bits per heavy atom. The molecule has 2 atom stereocenters. The molecule has 4 nitrogen and oxygen atoms in total. The highest BCUT2D eigenvalue weighted by Crippen LogP contribution is 2.23. The monoisotopic (exact) mass is 216 g/mol. The smallest absolute Gasteiger partial charge is 0.108 e. The van der Waals surface area contributed by atoms with E-state index in [1.54, 1.807) is 13.1 Å². The Labute approximate surface area is 87.6 Å². The van der Waals surface area contributed by atoms with E-state index in [2.05, 4.69) is 10.3 Å². The van der Waals surface area contributed by atoms with Gasteiger partial charge in [-0.15, -0.1) is 0 Å². The van der Waals surface area contributed by atoms with Gasteiger partial charge in [0.1, 0.15) is 6.10 Å². The molecule has 0 aliphatic carbocycles. The van der Waals surface area contributed by atoms with Crippen LogP contribution in [0.4, 0.5) is 0 Å². The molecular weight excluding hydrogens is 204 g/mol. The van der Waals surface area contributed by atoms with Crippen LogP contribution in [0.15, 0.2) is 18.5 Å². The van der Waals surface area contributed by atoms with E-state index in [9.17, 15) is 10.2 Å². The molecule has 0 aromatic carbocycles. The largest absolute Gasteiger partial charge is 0.389 e. The molecular formula is C9H13ClN2O2. The number of aliphatic hydroxyl groups is 2. The van der Waals surface area contributed by atoms with Crippen molar-refractivity contribution >= 4 is 11.6 Å². The van der Waals surface area contributed by atoms with E-state index in [1.165, 1.54) is 12.4 Å². The summed E-state index contributed by atoms with van der Waals surface area (Å²) >= 11 is 5.81. The highest BCUT2D eigenvalue weighted by molar-refractivity contribution is 6.31. The number of hydrogen-bond donors (Lipinski definition) is 3. The third-order valence-corrected chi connectivity index (χ3v) is 2.22. The van der Waals surface area contributed by atoms with Gasteiger partial charge in [0, 0.05) is 24.5 Å². The summed E-state index contributed by atoms with van der Waals surface area (Å²) in [6, 6.07) is 1.59. The number of aliphatic hydroxyl groups excluding tert-OH is 2. The van der Waals surface area contributed by atoms with Gasteiger partial charge < -0.3 is 15.5 Å². The van der Waals surface area contributed by atoms with E-state index in [1.807, 2.05) is 0 Å². The number of aromatic nitrogens is 1. The average molecular weight is 217 g/mol. The highest BCUT2D eigenvalue weighted by Gasteiger charge is 2.19. The normalized spacial score (nSPS) is 15.1. The van der Waals surface area contributed by atoms with Gasteiger partial charge in [0.15, 0.2) is 0 Å². The predicted octanol–water partition coefficient (Wildman–Crippen LogP) is 0.349. The second kappa shape index (κ2) is 5.26. The first-order valence-corrected chi connectivity index (χ1v) is 4.64. The van der Waals surface area contributed by atoms with Crippen LogP contribution in [0.3, 0.4) is 0 Å². The van der Waals surface area contributed by atoms with Crippen LogP contribution in [-0.4, -0.2) is 34.9 Å². The van der Waals surface area contributed by atoms with Crippen LogP contribution in [0.25, 0.3) is 0 Å². The van der Waals surface area contributed by atoms with Gasteiger partial charge in [0.05, 0.1) is 11.1 Å². The summed E-state index contributed by atoms with van der Waals surface area (Å²) < 4.78 is 0. The molecule has 0 radical (unpaired) electrons. The first kappa shape index (κ1) is 11.4. The van der Waals surface area contributed by atoms with Crippen molar-refractivity contribution in [2.75, 3.05) is 13.6 Å². The third-order valence-electron chi connectivity index (χ3n) is 1.90. The van der Waals surface area contributed by atoms with Crippen LogP contribution < -0.4 is 5.32 Å². The minimum atomic E-state index is -0.988. The van der Waals surface area contributed by atoms with Crippen molar-refractivity contribution in [2.45, 2.75) is 12.2 Å². The molecule has 1 rings (SSSR count). The molecule has 0 bridgehead atoms. The molecule has 0 aliphatic rings. The van der Waals surface area contributed by atoms with Gasteiger partial charge in [0.2, 0.25) is 0 Å². The average Bonchev–Trinajstić information content (AvgIpc) is 2.18. The van der Waals surface area contributed by atoms with Crippen LogP contribution in [0, 0.1) is 0 Å². The maximum atomic E-state index is 9.70. The van der Waals surface area contributed by atoms with Crippen LogP contribution >= 0.6 is 11.6 Å². The summed E-state index contributed by atoms with van der Waals surface area (Å²) in [4.78, 5) is 3.79. The van der Waals surface area contributed by atoms with Crippen LogP contribution in [0.2, 0.25) is 5.02 Å². The summed E-state index contributed by atoms with van der Waals surface area (Å²) in [7, 11) is 1.70. The second-order valence-corrected chi connectivity index (χ2v) is 3.37. The molecule has 0 spiro atoms. The van der Waals surface area contributed by atoms with Gasteiger partial charge in [-0.1, -0.05) is 11.6 Å². The summed E-state index contributed by atoms with van der Waals surface area (Å²) in [5.41, 5.74) is 0.490. The van der Waals surface area contributed by atoms with Crippen molar-refractivity contribution in [1.29, 1.82) is 0 Å². The summed E-state index contributed by atoms with van der Waals surface area (Å²) in [6.45, 7) is 0.305. The number of likely N-dealkylation sites (N-methyl/N-ethyl adjacent to an activating group) is 1. The van der Waals surface area contributed by atoms with E-state index >= 15 is 0 Å². The van der Waals surface area contributed by atoms with Crippen molar-refractivity contribution in [3.8, 4) is 0 Å². The van der Waals surface area contributed by atoms with Gasteiger partial charge in [0.25, 0.3) is 0 Å². The number of hydrogen-bond acceptors (Lipinski definition) is 4. The predicted molar refractivity (Wildman–Crippen MR) is 54.1 cm³/mol. The van der Waals surface area contributed by atoms with Crippen LogP contribution in [0.1, 0.15) is 11.7 Å². The minimum absolute atomic E-state index is 0.305. The summed E-state index contributed by atoms with van der Waals surface area (Å²) in [5, 5.41) is 22.3. The lowest BCUT2D eigenvalue weighted by atomic mass is 10.1. The van der Waals surface area contributed by atoms with Gasteiger partial charge in [-0.25, -0.2) is 0 Å². The number of rotatable bonds is 4. The zero-order valence-corrected chi connectivity index (χ0v) is 8.57. The maximum Gasteiger partial charge on any atom is 0.108 e. The molecule has 1 aromatic heterocycles. The molecule has 0 saturated carbocycles. The van der Waals surface area contributed by atoms with Gasteiger partial charge in [-0.3, -0.25) is 4.98 Å². The fourth-order valence-electron chi connectivity index (χ4n) is 1.15. The summed E-state index contributed by atoms with van der Waals surface area (Å²) in [6.07, 6.45) is 1.10. The number of halogens is 1. The Bertz CT molecular complexity index is 296. The molecule has 1 aromatic rings. The fourth-order valence-corrected chi connectivity index (χ4v) is 1.38. The molecule has 0 aliphatic heterocycles. The molecule has 78 valence electrons. The Balaban J connectivity index is 2.78. The van der Waals surface area contributed by atoms with Gasteiger partial charge in [-0.05, 0) is 13.1 Å². The third kappa shape index (κ3) is 2.65. The quantitative estimate of drug-likeness (QED) is 0.680. The van der Waals surface area contributed by atoms with Crippen LogP contribution in [0.5, 0.6) is 0 Å². The highest BCUT2D eigenvalue weighted by atomic mass is 35.5. The SMILES string of the molecule is CNCC(O)C(O)c1ccncc1Cl. The van der Waals surface area contributed by atoms with E-state index in [0.717, 1.165) is 0 Å². The van der Waals surface area contributed by atoms with Crippen molar-refractivity contribution in [1.82, 2.24) is 10.3 Å². The fraction of sp³-hybridized carbons (Fsp3) is 0.444. The van der Waals surface area contributed by atoms with Crippen molar-refractivity contribution in [2.24, 2.45) is 0 Å². The van der Waals surface area contributed by atoms with Crippen molar-refractivity contribution in [3.63, 3.8) is 0 Å². The molecule has 5 heteroatoms. The standard InChI is InChI=1S/C9H13ClN2O2/c1-11-5-8(13)9(14)6-2-3-12-4-7(6)10/h2-4,8-9,11,13-14H,5H2,1H3. The number of nitrogens with zero attached hydrogens (tertiary/aromatic N) is 1. The second-order valence-electron chi connectivity index (χ2n) is 2.97. The Kier molecular flexibility index (Phi) is 4.28. The van der Waals surface area contributed by atoms with E-state index in [4.69, 9.17) is 11.6 Å². The van der Waals surface area contributed by atoms with Crippen molar-refractivity contribution < 1.29 is 10.2 Å². The van der Waals surface area contributed by atoms with E-state index in [-0.39, 0.29) is 0 Å². The van der Waals surface area contributed by atoms with Gasteiger partial charge in [-0.2, -0.15) is 0 Å². The van der Waals surface area contributed by atoms with E-state index < -0.39 is 12.2 Å². The Morgan fingerprint density at radius 3 is 2.86 bits per heavy atom. The maximum absolute atomic E-state index is 9.70. The molecule has 14 heavy (non-hydrogen) atoms. The molecule has 0 amide bonds. The first-order chi connectivity index (χ1) is 6.66. The van der Waals surface area contributed by atoms with E-state index in [0.29, 0.717) is 17.1 Å². The summed E-state index contributed by atoms with van der Waals surface area (Å²) in [5.74, 6) is 0. The molecule has 2 unspecified atom stereocenters. The van der Waals surface area contributed by atoms with Crippen molar-refractivity contribution in [3.05, 3.63) is 29.0 Å². The topological polar surface area (TPSA) is 65.4 Å². The lowest BCUT2D eigenvalue weighted by molar-refractivity contribution is 0.0202. The Morgan fingerprint density at radius 2 is 2.29 bits per heavy atom. The molecule has 0 fully saturated rings. The zero-order valence-electron chi connectivity index (χ0n) is 7.81. The number of pyridine rings is 1. The minimum Gasteiger partial charge on any atom is -0.389 e. The van der Waals surface area contributed by atoms with Gasteiger partial charge >= 0.3 is 0 Å². The molecule has 1 heterocycles.